The van der Waals surface area contributed by atoms with Crippen LogP contribution in [-0.4, -0.2) is 27.9 Å². The van der Waals surface area contributed by atoms with E-state index in [4.69, 9.17) is 9.47 Å². The Hall–Kier alpha value is -2.71. The van der Waals surface area contributed by atoms with Crippen LogP contribution < -0.4 is 5.32 Å². The number of nitrogens with zero attached hydrogens (tertiary/aromatic N) is 1. The first kappa shape index (κ1) is 22.5. The van der Waals surface area contributed by atoms with Crippen molar-refractivity contribution >= 4 is 23.4 Å². The molecule has 1 saturated heterocycles. The van der Waals surface area contributed by atoms with Crippen LogP contribution in [-0.2, 0) is 20.9 Å². The van der Waals surface area contributed by atoms with Gasteiger partial charge in [-0.2, -0.15) is 0 Å². The number of hydrogen-bond acceptors (Lipinski definition) is 6. The van der Waals surface area contributed by atoms with Crippen LogP contribution in [0.25, 0.3) is 0 Å². The molecule has 6 nitrogen and oxygen atoms in total. The SMILES string of the molecule is CC(=O)Nc1ccc([C@H]2O[C@@H](CSc3ccccn3)C[C@@H](c3ccc(CO)cc3)O2)cc1. The van der Waals surface area contributed by atoms with Gasteiger partial charge in [0.1, 0.15) is 0 Å². The minimum atomic E-state index is -0.521. The number of aliphatic hydroxyl groups is 1. The highest BCUT2D eigenvalue weighted by Gasteiger charge is 2.32. The van der Waals surface area contributed by atoms with E-state index in [0.717, 1.165) is 39.6 Å². The summed E-state index contributed by atoms with van der Waals surface area (Å²) in [4.78, 5) is 15.7. The van der Waals surface area contributed by atoms with Crippen molar-refractivity contribution in [3.8, 4) is 0 Å². The van der Waals surface area contributed by atoms with Gasteiger partial charge in [-0.15, -0.1) is 11.8 Å². The lowest BCUT2D eigenvalue weighted by Crippen LogP contribution is -2.31. The van der Waals surface area contributed by atoms with Crippen molar-refractivity contribution in [3.05, 3.63) is 89.6 Å². The molecule has 1 aromatic heterocycles. The minimum Gasteiger partial charge on any atom is -0.392 e. The van der Waals surface area contributed by atoms with Gasteiger partial charge in [-0.25, -0.2) is 4.98 Å². The molecule has 1 amide bonds. The molecule has 0 saturated carbocycles. The summed E-state index contributed by atoms with van der Waals surface area (Å²) in [5.41, 5.74) is 3.55. The van der Waals surface area contributed by atoms with Gasteiger partial charge in [0.15, 0.2) is 6.29 Å². The van der Waals surface area contributed by atoms with Gasteiger partial charge >= 0.3 is 0 Å². The summed E-state index contributed by atoms with van der Waals surface area (Å²) in [5, 5.41) is 13.1. The minimum absolute atomic E-state index is 0.0154. The van der Waals surface area contributed by atoms with Gasteiger partial charge in [0, 0.05) is 36.5 Å². The average Bonchev–Trinajstić information content (AvgIpc) is 2.83. The van der Waals surface area contributed by atoms with E-state index in [0.29, 0.717) is 0 Å². The lowest BCUT2D eigenvalue weighted by molar-refractivity contribution is -0.245. The summed E-state index contributed by atoms with van der Waals surface area (Å²) in [6, 6.07) is 21.2. The highest BCUT2D eigenvalue weighted by Crippen LogP contribution is 2.39. The second kappa shape index (κ2) is 10.7. The van der Waals surface area contributed by atoms with Gasteiger partial charge in [0.05, 0.1) is 23.8 Å². The van der Waals surface area contributed by atoms with E-state index in [2.05, 4.69) is 10.3 Å². The van der Waals surface area contributed by atoms with Gasteiger partial charge in [-0.3, -0.25) is 4.79 Å². The number of benzene rings is 2. The standard InChI is InChI=1S/C25H26N2O4S/c1-17(29)27-21-11-9-20(10-12-21)25-30-22(16-32-24-4-2-3-13-26-24)14-23(31-25)19-7-5-18(15-28)6-8-19/h2-13,22-23,25,28H,14-16H2,1H3,(H,27,29)/t22-,23+,25+/m1/s1. The Balaban J connectivity index is 1.52. The lowest BCUT2D eigenvalue weighted by atomic mass is 10.0. The molecule has 2 heterocycles. The second-order valence-corrected chi connectivity index (χ2v) is 8.67. The van der Waals surface area contributed by atoms with Crippen LogP contribution in [0.1, 0.15) is 42.4 Å². The van der Waals surface area contributed by atoms with Crippen LogP contribution in [0.2, 0.25) is 0 Å². The summed E-state index contributed by atoms with van der Waals surface area (Å²) < 4.78 is 12.7. The molecule has 0 unspecified atom stereocenters. The Labute approximate surface area is 192 Å². The number of carbonyl (C=O) groups is 1. The number of anilines is 1. The zero-order chi connectivity index (χ0) is 22.3. The third-order valence-electron chi connectivity index (χ3n) is 5.17. The molecule has 32 heavy (non-hydrogen) atoms. The molecule has 166 valence electrons. The topological polar surface area (TPSA) is 80.7 Å². The van der Waals surface area contributed by atoms with E-state index in [9.17, 15) is 9.90 Å². The largest absolute Gasteiger partial charge is 0.392 e. The summed E-state index contributed by atoms with van der Waals surface area (Å²) in [6.07, 6.45) is 1.83. The molecule has 1 aliphatic rings. The normalized spacial score (nSPS) is 20.6. The van der Waals surface area contributed by atoms with Crippen LogP contribution >= 0.6 is 11.8 Å². The van der Waals surface area contributed by atoms with Gasteiger partial charge in [-0.1, -0.05) is 42.5 Å². The fourth-order valence-electron chi connectivity index (χ4n) is 3.56. The average molecular weight is 451 g/mol. The van der Waals surface area contributed by atoms with Gasteiger partial charge in [-0.05, 0) is 35.4 Å². The number of aromatic nitrogens is 1. The molecule has 1 fully saturated rings. The second-order valence-electron chi connectivity index (χ2n) is 7.63. The fraction of sp³-hybridized carbons (Fsp3) is 0.280. The van der Waals surface area contributed by atoms with Crippen molar-refractivity contribution in [3.63, 3.8) is 0 Å². The number of aliphatic hydroxyl groups excluding tert-OH is 1. The molecule has 2 aromatic carbocycles. The van der Waals surface area contributed by atoms with Gasteiger partial charge in [0.25, 0.3) is 0 Å². The van der Waals surface area contributed by atoms with Crippen molar-refractivity contribution in [1.29, 1.82) is 0 Å². The molecule has 0 aliphatic carbocycles. The van der Waals surface area contributed by atoms with E-state index >= 15 is 0 Å². The number of rotatable bonds is 7. The highest BCUT2D eigenvalue weighted by atomic mass is 32.2. The molecule has 0 bridgehead atoms. The van der Waals surface area contributed by atoms with Crippen LogP contribution in [0.4, 0.5) is 5.69 Å². The molecule has 0 radical (unpaired) electrons. The number of ether oxygens (including phenoxy) is 2. The Morgan fingerprint density at radius 3 is 2.47 bits per heavy atom. The van der Waals surface area contributed by atoms with E-state index < -0.39 is 6.29 Å². The third kappa shape index (κ3) is 5.95. The Kier molecular flexibility index (Phi) is 7.55. The molecule has 4 rings (SSSR count). The van der Waals surface area contributed by atoms with E-state index in [1.165, 1.54) is 6.92 Å². The van der Waals surface area contributed by atoms with Crippen molar-refractivity contribution in [2.75, 3.05) is 11.1 Å². The molecular formula is C25H26N2O4S. The zero-order valence-corrected chi connectivity index (χ0v) is 18.6. The first-order valence-electron chi connectivity index (χ1n) is 10.5. The Morgan fingerprint density at radius 1 is 1.06 bits per heavy atom. The third-order valence-corrected chi connectivity index (χ3v) is 6.25. The number of amides is 1. The molecule has 0 spiro atoms. The maximum atomic E-state index is 11.3. The summed E-state index contributed by atoms with van der Waals surface area (Å²) >= 11 is 1.66. The van der Waals surface area contributed by atoms with Crippen LogP contribution in [0.3, 0.4) is 0 Å². The van der Waals surface area contributed by atoms with Crippen molar-refractivity contribution in [2.45, 2.75) is 43.5 Å². The molecule has 3 atom stereocenters. The first-order valence-corrected chi connectivity index (χ1v) is 11.5. The predicted octanol–water partition coefficient (Wildman–Crippen LogP) is 4.87. The van der Waals surface area contributed by atoms with Gasteiger partial charge < -0.3 is 19.9 Å². The maximum Gasteiger partial charge on any atom is 0.221 e. The van der Waals surface area contributed by atoms with Gasteiger partial charge in [0.2, 0.25) is 5.91 Å². The maximum absolute atomic E-state index is 11.3. The first-order chi connectivity index (χ1) is 15.6. The number of thioether (sulfide) groups is 1. The molecule has 3 aromatic rings. The number of nitrogens with one attached hydrogen (secondary N) is 1. The van der Waals surface area contributed by atoms with Crippen molar-refractivity contribution in [1.82, 2.24) is 4.98 Å². The number of pyridine rings is 1. The molecule has 2 N–H and O–H groups in total. The van der Waals surface area contributed by atoms with Crippen LogP contribution in [0.5, 0.6) is 0 Å². The Morgan fingerprint density at radius 2 is 1.81 bits per heavy atom. The van der Waals surface area contributed by atoms with E-state index in [1.807, 2.05) is 66.7 Å². The van der Waals surface area contributed by atoms with Crippen LogP contribution in [0, 0.1) is 0 Å². The zero-order valence-electron chi connectivity index (χ0n) is 17.8. The molecule has 1 aliphatic heterocycles. The number of hydrogen-bond donors (Lipinski definition) is 2. The Bertz CT molecular complexity index is 1010. The summed E-state index contributed by atoms with van der Waals surface area (Å²) in [7, 11) is 0. The van der Waals surface area contributed by atoms with E-state index in [-0.39, 0.29) is 24.7 Å². The molecular weight excluding hydrogens is 424 g/mol. The summed E-state index contributed by atoms with van der Waals surface area (Å²) in [6.45, 7) is 1.50. The van der Waals surface area contributed by atoms with Crippen molar-refractivity contribution in [2.24, 2.45) is 0 Å². The lowest BCUT2D eigenvalue weighted by Gasteiger charge is -2.36. The van der Waals surface area contributed by atoms with E-state index in [1.54, 1.807) is 18.0 Å². The number of carbonyl (C=O) groups excluding carboxylic acids is 1. The molecule has 7 heteroatoms. The monoisotopic (exact) mass is 450 g/mol. The fourth-order valence-corrected chi connectivity index (χ4v) is 4.44. The van der Waals surface area contributed by atoms with Crippen molar-refractivity contribution < 1.29 is 19.4 Å². The summed E-state index contributed by atoms with van der Waals surface area (Å²) in [5.74, 6) is 0.646. The predicted molar refractivity (Wildman–Crippen MR) is 124 cm³/mol. The van der Waals surface area contributed by atoms with Crippen LogP contribution in [0.15, 0.2) is 78.0 Å². The quantitative estimate of drug-likeness (QED) is 0.500. The smallest absolute Gasteiger partial charge is 0.221 e. The highest BCUT2D eigenvalue weighted by molar-refractivity contribution is 7.99.